The molecule has 0 bridgehead atoms. The molecule has 1 N–H and O–H groups in total. The lowest BCUT2D eigenvalue weighted by Gasteiger charge is -2.05. The molecule has 0 aliphatic heterocycles. The van der Waals surface area contributed by atoms with Crippen LogP contribution < -0.4 is 11.2 Å². The van der Waals surface area contributed by atoms with E-state index in [2.05, 4.69) is 0 Å². The summed E-state index contributed by atoms with van der Waals surface area (Å²) in [5.74, 6) is -1.44. The minimum Gasteiger partial charge on any atom is -0.481 e. The SMILES string of the molecule is Cn1cc(C(=O)CCCC(=O)O)c(=O)n(C)c1=O. The highest BCUT2D eigenvalue weighted by molar-refractivity contribution is 5.95. The number of carboxylic acid groups (broad SMARTS) is 1. The monoisotopic (exact) mass is 254 g/mol. The van der Waals surface area contributed by atoms with Gasteiger partial charge in [-0.15, -0.1) is 0 Å². The maximum absolute atomic E-state index is 11.7. The van der Waals surface area contributed by atoms with Crippen LogP contribution in [-0.2, 0) is 18.9 Å². The molecule has 18 heavy (non-hydrogen) atoms. The Kier molecular flexibility index (Phi) is 4.19. The summed E-state index contributed by atoms with van der Waals surface area (Å²) in [4.78, 5) is 45.2. The van der Waals surface area contributed by atoms with Crippen molar-refractivity contribution >= 4 is 11.8 Å². The molecule has 0 radical (unpaired) electrons. The van der Waals surface area contributed by atoms with Crippen molar-refractivity contribution in [3.8, 4) is 0 Å². The fourth-order valence-electron chi connectivity index (χ4n) is 1.53. The number of Topliss-reactive ketones (excluding diaryl/α,β-unsaturated/α-hetero) is 1. The molecule has 1 heterocycles. The van der Waals surface area contributed by atoms with Crippen molar-refractivity contribution in [2.45, 2.75) is 19.3 Å². The molecule has 1 aromatic heterocycles. The first-order chi connectivity index (χ1) is 8.34. The van der Waals surface area contributed by atoms with Crippen molar-refractivity contribution in [2.24, 2.45) is 14.1 Å². The summed E-state index contributed by atoms with van der Waals surface area (Å²) in [6, 6.07) is 0. The van der Waals surface area contributed by atoms with E-state index in [1.54, 1.807) is 0 Å². The van der Waals surface area contributed by atoms with Crippen molar-refractivity contribution in [2.75, 3.05) is 0 Å². The van der Waals surface area contributed by atoms with E-state index in [1.165, 1.54) is 20.3 Å². The van der Waals surface area contributed by atoms with E-state index in [4.69, 9.17) is 5.11 Å². The summed E-state index contributed by atoms with van der Waals surface area (Å²) < 4.78 is 2.00. The number of aryl methyl sites for hydroxylation is 1. The van der Waals surface area contributed by atoms with Crippen LogP contribution >= 0.6 is 0 Å². The third-order valence-corrected chi connectivity index (χ3v) is 2.54. The summed E-state index contributed by atoms with van der Waals surface area (Å²) in [5.41, 5.74) is -1.26. The highest BCUT2D eigenvalue weighted by Gasteiger charge is 2.14. The van der Waals surface area contributed by atoms with Gasteiger partial charge < -0.3 is 9.67 Å². The van der Waals surface area contributed by atoms with Crippen LogP contribution in [0.3, 0.4) is 0 Å². The van der Waals surface area contributed by atoms with E-state index in [-0.39, 0.29) is 24.8 Å². The quantitative estimate of drug-likeness (QED) is 0.716. The lowest BCUT2D eigenvalue weighted by molar-refractivity contribution is -0.137. The number of nitrogens with zero attached hydrogens (tertiary/aromatic N) is 2. The van der Waals surface area contributed by atoms with E-state index in [0.717, 1.165) is 9.13 Å². The molecule has 0 fully saturated rings. The molecule has 0 spiro atoms. The maximum atomic E-state index is 11.7. The third kappa shape index (κ3) is 2.93. The molecular weight excluding hydrogens is 240 g/mol. The Bertz CT molecular complexity index is 596. The van der Waals surface area contributed by atoms with Crippen LogP contribution in [0.1, 0.15) is 29.6 Å². The van der Waals surface area contributed by atoms with Gasteiger partial charge in [0, 0.05) is 33.1 Å². The Labute approximate surface area is 102 Å². The Balaban J connectivity index is 2.97. The second-order valence-corrected chi connectivity index (χ2v) is 3.97. The molecule has 98 valence electrons. The van der Waals surface area contributed by atoms with Gasteiger partial charge in [0.2, 0.25) is 0 Å². The molecule has 0 aromatic carbocycles. The summed E-state index contributed by atoms with van der Waals surface area (Å²) in [6.45, 7) is 0. The average Bonchev–Trinajstić information content (AvgIpc) is 2.30. The van der Waals surface area contributed by atoms with Crippen molar-refractivity contribution < 1.29 is 14.7 Å². The first kappa shape index (κ1) is 13.9. The fourth-order valence-corrected chi connectivity index (χ4v) is 1.53. The van der Waals surface area contributed by atoms with Crippen LogP contribution in [0.15, 0.2) is 15.8 Å². The van der Waals surface area contributed by atoms with Crippen molar-refractivity contribution in [1.82, 2.24) is 9.13 Å². The molecule has 0 amide bonds. The van der Waals surface area contributed by atoms with E-state index in [1.807, 2.05) is 0 Å². The second kappa shape index (κ2) is 5.44. The zero-order valence-electron chi connectivity index (χ0n) is 10.2. The molecule has 1 rings (SSSR count). The Morgan fingerprint density at radius 1 is 1.22 bits per heavy atom. The van der Waals surface area contributed by atoms with Crippen molar-refractivity contribution in [1.29, 1.82) is 0 Å². The van der Waals surface area contributed by atoms with Crippen LogP contribution in [0.2, 0.25) is 0 Å². The van der Waals surface area contributed by atoms with Crippen LogP contribution in [0.4, 0.5) is 0 Å². The summed E-state index contributed by atoms with van der Waals surface area (Å²) >= 11 is 0. The fraction of sp³-hybridized carbons (Fsp3) is 0.455. The van der Waals surface area contributed by atoms with Gasteiger partial charge >= 0.3 is 11.7 Å². The van der Waals surface area contributed by atoms with Gasteiger partial charge in [-0.25, -0.2) is 4.79 Å². The molecular formula is C11H14N2O5. The summed E-state index contributed by atoms with van der Waals surface area (Å²) in [6.07, 6.45) is 1.20. The van der Waals surface area contributed by atoms with Crippen molar-refractivity contribution in [3.05, 3.63) is 32.6 Å². The predicted octanol–water partition coefficient (Wildman–Crippen LogP) is -0.478. The summed E-state index contributed by atoms with van der Waals surface area (Å²) in [7, 11) is 2.73. The molecule has 0 saturated heterocycles. The number of carbonyl (C=O) groups is 2. The smallest absolute Gasteiger partial charge is 0.330 e. The highest BCUT2D eigenvalue weighted by Crippen LogP contribution is 2.02. The van der Waals surface area contributed by atoms with Crippen LogP contribution in [0.5, 0.6) is 0 Å². The van der Waals surface area contributed by atoms with Crippen molar-refractivity contribution in [3.63, 3.8) is 0 Å². The number of aliphatic carboxylic acids is 1. The molecule has 0 aliphatic carbocycles. The molecule has 0 saturated carbocycles. The molecule has 0 atom stereocenters. The molecule has 7 nitrogen and oxygen atoms in total. The Morgan fingerprint density at radius 2 is 1.83 bits per heavy atom. The summed E-state index contributed by atoms with van der Waals surface area (Å²) in [5, 5.41) is 8.45. The first-order valence-corrected chi connectivity index (χ1v) is 5.36. The molecule has 0 aliphatic rings. The third-order valence-electron chi connectivity index (χ3n) is 2.54. The number of hydrogen-bond acceptors (Lipinski definition) is 4. The lowest BCUT2D eigenvalue weighted by atomic mass is 10.1. The van der Waals surface area contributed by atoms with Gasteiger partial charge in [0.1, 0.15) is 0 Å². The largest absolute Gasteiger partial charge is 0.481 e. The van der Waals surface area contributed by atoms with E-state index >= 15 is 0 Å². The minimum atomic E-state index is -0.990. The number of carbonyl (C=O) groups excluding carboxylic acids is 1. The predicted molar refractivity (Wildman–Crippen MR) is 62.7 cm³/mol. The van der Waals surface area contributed by atoms with Crippen LogP contribution in [0, 0.1) is 0 Å². The Morgan fingerprint density at radius 3 is 2.39 bits per heavy atom. The normalized spacial score (nSPS) is 10.3. The molecule has 7 heteroatoms. The minimum absolute atomic E-state index is 0.0280. The second-order valence-electron chi connectivity index (χ2n) is 3.97. The highest BCUT2D eigenvalue weighted by atomic mass is 16.4. The number of ketones is 1. The van der Waals surface area contributed by atoms with Gasteiger partial charge in [-0.3, -0.25) is 19.0 Å². The van der Waals surface area contributed by atoms with E-state index in [9.17, 15) is 19.2 Å². The number of aromatic nitrogens is 2. The van der Waals surface area contributed by atoms with Gasteiger partial charge in [-0.2, -0.15) is 0 Å². The van der Waals surface area contributed by atoms with E-state index in [0.29, 0.717) is 0 Å². The van der Waals surface area contributed by atoms with Gasteiger partial charge in [0.05, 0.1) is 5.56 Å². The molecule has 0 unspecified atom stereocenters. The van der Waals surface area contributed by atoms with Gasteiger partial charge in [0.15, 0.2) is 5.78 Å². The zero-order chi connectivity index (χ0) is 13.9. The maximum Gasteiger partial charge on any atom is 0.330 e. The van der Waals surface area contributed by atoms with Gasteiger partial charge in [-0.1, -0.05) is 0 Å². The zero-order valence-corrected chi connectivity index (χ0v) is 10.2. The average molecular weight is 254 g/mol. The first-order valence-electron chi connectivity index (χ1n) is 5.36. The lowest BCUT2D eigenvalue weighted by Crippen LogP contribution is -2.39. The van der Waals surface area contributed by atoms with Gasteiger partial charge in [0.25, 0.3) is 5.56 Å². The van der Waals surface area contributed by atoms with E-state index < -0.39 is 23.0 Å². The Hall–Kier alpha value is -2.18. The molecule has 1 aromatic rings. The number of hydrogen-bond donors (Lipinski definition) is 1. The van der Waals surface area contributed by atoms with Crippen LogP contribution in [0.25, 0.3) is 0 Å². The van der Waals surface area contributed by atoms with Gasteiger partial charge in [-0.05, 0) is 6.42 Å². The number of rotatable bonds is 5. The standard InChI is InChI=1S/C11H14N2O5/c1-12-6-7(10(17)13(2)11(12)18)8(14)4-3-5-9(15)16/h6H,3-5H2,1-2H3,(H,15,16). The number of carboxylic acids is 1. The topological polar surface area (TPSA) is 98.4 Å². The van der Waals surface area contributed by atoms with Crippen LogP contribution in [-0.4, -0.2) is 26.0 Å².